The molecule has 11 heteroatoms. The molecule has 8 nitrogen and oxygen atoms in total. The molecule has 1 amide bonds. The van der Waals surface area contributed by atoms with Crippen LogP contribution in [0.25, 0.3) is 0 Å². The van der Waals surface area contributed by atoms with Crippen LogP contribution in [0.3, 0.4) is 0 Å². The fourth-order valence-electron chi connectivity index (χ4n) is 2.26. The first-order valence-corrected chi connectivity index (χ1v) is 11.9. The van der Waals surface area contributed by atoms with Crippen molar-refractivity contribution in [1.29, 1.82) is 0 Å². The molecule has 2 atom stereocenters. The van der Waals surface area contributed by atoms with E-state index in [1.54, 1.807) is 17.8 Å². The lowest BCUT2D eigenvalue weighted by Gasteiger charge is -2.20. The van der Waals surface area contributed by atoms with Gasteiger partial charge >= 0.3 is 13.6 Å². The topological polar surface area (TPSA) is 136 Å². The van der Waals surface area contributed by atoms with E-state index < -0.39 is 43.7 Å². The van der Waals surface area contributed by atoms with E-state index in [1.807, 2.05) is 6.26 Å². The SMILES string of the molecule is CSCCC[C@@H](NC(=O)[C@H](CC#Cc1ccccc1F)NCP(=O)(O)O)C(=O)O. The molecule has 29 heavy (non-hydrogen) atoms. The van der Waals surface area contributed by atoms with E-state index in [9.17, 15) is 23.7 Å². The second-order valence-corrected chi connectivity index (χ2v) is 8.73. The van der Waals surface area contributed by atoms with Gasteiger partial charge in [0, 0.05) is 6.42 Å². The molecule has 160 valence electrons. The van der Waals surface area contributed by atoms with E-state index >= 15 is 0 Å². The molecule has 1 aromatic rings. The van der Waals surface area contributed by atoms with Gasteiger partial charge in [0.05, 0.1) is 17.9 Å². The third-order valence-corrected chi connectivity index (χ3v) is 5.01. The zero-order valence-corrected chi connectivity index (χ0v) is 17.5. The summed E-state index contributed by atoms with van der Waals surface area (Å²) in [4.78, 5) is 41.9. The summed E-state index contributed by atoms with van der Waals surface area (Å²) in [7, 11) is -4.45. The fourth-order valence-corrected chi connectivity index (χ4v) is 3.17. The average molecular weight is 446 g/mol. The number of benzene rings is 1. The van der Waals surface area contributed by atoms with Crippen LogP contribution < -0.4 is 10.6 Å². The lowest BCUT2D eigenvalue weighted by atomic mass is 10.1. The number of carboxylic acids is 1. The molecule has 0 spiro atoms. The van der Waals surface area contributed by atoms with Crippen LogP contribution in [-0.4, -0.2) is 57.1 Å². The van der Waals surface area contributed by atoms with Gasteiger partial charge in [-0.2, -0.15) is 11.8 Å². The predicted molar refractivity (Wildman–Crippen MR) is 109 cm³/mol. The molecule has 5 N–H and O–H groups in total. The molecule has 0 saturated heterocycles. The van der Waals surface area contributed by atoms with Crippen LogP contribution in [0.5, 0.6) is 0 Å². The number of hydrogen-bond acceptors (Lipinski definition) is 5. The molecule has 0 fully saturated rings. The van der Waals surface area contributed by atoms with E-state index in [4.69, 9.17) is 9.79 Å². The Morgan fingerprint density at radius 1 is 1.28 bits per heavy atom. The van der Waals surface area contributed by atoms with Crippen molar-refractivity contribution in [2.75, 3.05) is 18.3 Å². The summed E-state index contributed by atoms with van der Waals surface area (Å²) in [6.45, 7) is 0. The number of thioether (sulfide) groups is 1. The molecule has 0 aliphatic carbocycles. The van der Waals surface area contributed by atoms with Gasteiger partial charge in [-0.15, -0.1) is 0 Å². The van der Waals surface area contributed by atoms with Crippen LogP contribution in [0.1, 0.15) is 24.8 Å². The van der Waals surface area contributed by atoms with Crippen molar-refractivity contribution >= 4 is 31.2 Å². The highest BCUT2D eigenvalue weighted by Gasteiger charge is 2.26. The Kier molecular flexibility index (Phi) is 10.9. The molecule has 1 aromatic carbocycles. The van der Waals surface area contributed by atoms with Crippen molar-refractivity contribution in [2.45, 2.75) is 31.3 Å². The second kappa shape index (κ2) is 12.6. The van der Waals surface area contributed by atoms with Gasteiger partial charge < -0.3 is 20.2 Å². The number of carbonyl (C=O) groups excluding carboxylic acids is 1. The molecule has 0 radical (unpaired) electrons. The monoisotopic (exact) mass is 446 g/mol. The number of amides is 1. The molecule has 0 heterocycles. The maximum absolute atomic E-state index is 13.6. The second-order valence-electron chi connectivity index (χ2n) is 6.10. The summed E-state index contributed by atoms with van der Waals surface area (Å²) >= 11 is 1.55. The summed E-state index contributed by atoms with van der Waals surface area (Å²) in [5.41, 5.74) is 0.113. The Morgan fingerprint density at radius 2 is 1.97 bits per heavy atom. The minimum Gasteiger partial charge on any atom is -0.480 e. The van der Waals surface area contributed by atoms with Gasteiger partial charge in [-0.05, 0) is 37.0 Å². The number of carboxylic acid groups (broad SMARTS) is 1. The van der Waals surface area contributed by atoms with Crippen LogP contribution in [-0.2, 0) is 14.2 Å². The minimum atomic E-state index is -4.45. The Morgan fingerprint density at radius 3 is 2.55 bits per heavy atom. The van der Waals surface area contributed by atoms with Gasteiger partial charge in [-0.3, -0.25) is 14.7 Å². The van der Waals surface area contributed by atoms with E-state index in [0.29, 0.717) is 6.42 Å². The van der Waals surface area contributed by atoms with Crippen LogP contribution in [0, 0.1) is 17.7 Å². The number of aliphatic carboxylic acids is 1. The van der Waals surface area contributed by atoms with Crippen molar-refractivity contribution in [1.82, 2.24) is 10.6 Å². The van der Waals surface area contributed by atoms with Crippen molar-refractivity contribution in [3.63, 3.8) is 0 Å². The highest BCUT2D eigenvalue weighted by atomic mass is 32.2. The zero-order valence-electron chi connectivity index (χ0n) is 15.8. The molecule has 0 unspecified atom stereocenters. The Hall–Kier alpha value is -1.89. The normalized spacial score (nSPS) is 13.1. The summed E-state index contributed by atoms with van der Waals surface area (Å²) in [6, 6.07) is 3.47. The summed E-state index contributed by atoms with van der Waals surface area (Å²) in [6.07, 6.45) is 1.69. The Balaban J connectivity index is 2.87. The molecule has 0 aromatic heterocycles. The van der Waals surface area contributed by atoms with Crippen LogP contribution >= 0.6 is 19.4 Å². The van der Waals surface area contributed by atoms with E-state index in [1.165, 1.54) is 18.2 Å². The minimum absolute atomic E-state index is 0.113. The standard InChI is InChI=1S/C18H24FN2O6PS/c1-29-11-5-10-16(18(23)24)21-17(22)15(20-12-28(25,26)27)9-4-7-13-6-2-3-8-14(13)19/h2-3,6,8,15-16,20H,5,9-12H2,1H3,(H,21,22)(H,23,24)(H2,25,26,27)/t15-,16+/m0/s1. The summed E-state index contributed by atoms with van der Waals surface area (Å²) < 4.78 is 24.7. The van der Waals surface area contributed by atoms with Gasteiger partial charge in [-0.25, -0.2) is 9.18 Å². The highest BCUT2D eigenvalue weighted by molar-refractivity contribution is 7.98. The van der Waals surface area contributed by atoms with Gasteiger partial charge in [0.1, 0.15) is 11.9 Å². The number of rotatable bonds is 11. The Labute approximate surface area is 172 Å². The summed E-state index contributed by atoms with van der Waals surface area (Å²) in [5, 5.41) is 14.1. The number of hydrogen-bond donors (Lipinski definition) is 5. The number of halogens is 1. The quantitative estimate of drug-likeness (QED) is 0.195. The largest absolute Gasteiger partial charge is 0.480 e. The lowest BCUT2D eigenvalue weighted by molar-refractivity contribution is -0.142. The van der Waals surface area contributed by atoms with Gasteiger partial charge in [-0.1, -0.05) is 24.0 Å². The Bertz CT molecular complexity index is 807. The third kappa shape index (κ3) is 10.5. The first kappa shape index (κ1) is 25.1. The summed E-state index contributed by atoms with van der Waals surface area (Å²) in [5.74, 6) is 3.39. The lowest BCUT2D eigenvalue weighted by Crippen LogP contribution is -2.50. The van der Waals surface area contributed by atoms with Crippen molar-refractivity contribution in [3.8, 4) is 11.8 Å². The number of nitrogens with one attached hydrogen (secondary N) is 2. The zero-order chi connectivity index (χ0) is 21.9. The molecule has 0 aliphatic heterocycles. The molecular formula is C18H24FN2O6PS. The molecular weight excluding hydrogens is 422 g/mol. The smallest absolute Gasteiger partial charge is 0.339 e. The molecule has 0 aliphatic rings. The number of carbonyl (C=O) groups is 2. The molecule has 1 rings (SSSR count). The van der Waals surface area contributed by atoms with E-state index in [0.717, 1.165) is 5.75 Å². The van der Waals surface area contributed by atoms with Gasteiger partial charge in [0.15, 0.2) is 0 Å². The molecule has 0 saturated carbocycles. The van der Waals surface area contributed by atoms with Crippen molar-refractivity contribution in [3.05, 3.63) is 35.6 Å². The maximum Gasteiger partial charge on any atom is 0.339 e. The van der Waals surface area contributed by atoms with Crippen molar-refractivity contribution < 1.29 is 33.4 Å². The first-order chi connectivity index (χ1) is 13.6. The average Bonchev–Trinajstić information content (AvgIpc) is 2.64. The van der Waals surface area contributed by atoms with Gasteiger partial charge in [0.2, 0.25) is 5.91 Å². The fraction of sp³-hybridized carbons (Fsp3) is 0.444. The third-order valence-electron chi connectivity index (χ3n) is 3.72. The predicted octanol–water partition coefficient (Wildman–Crippen LogP) is 1.37. The van der Waals surface area contributed by atoms with E-state index in [-0.39, 0.29) is 18.4 Å². The maximum atomic E-state index is 13.6. The highest BCUT2D eigenvalue weighted by Crippen LogP contribution is 2.32. The molecule has 0 bridgehead atoms. The van der Waals surface area contributed by atoms with Crippen LogP contribution in [0.15, 0.2) is 24.3 Å². The van der Waals surface area contributed by atoms with Crippen molar-refractivity contribution in [2.24, 2.45) is 0 Å². The van der Waals surface area contributed by atoms with Gasteiger partial charge in [0.25, 0.3) is 0 Å². The van der Waals surface area contributed by atoms with Crippen LogP contribution in [0.2, 0.25) is 0 Å². The van der Waals surface area contributed by atoms with E-state index in [2.05, 4.69) is 22.5 Å². The van der Waals surface area contributed by atoms with Crippen LogP contribution in [0.4, 0.5) is 4.39 Å². The first-order valence-electron chi connectivity index (χ1n) is 8.67.